The summed E-state index contributed by atoms with van der Waals surface area (Å²) in [6.45, 7) is 1.58. The second-order valence-corrected chi connectivity index (χ2v) is 3.22. The van der Waals surface area contributed by atoms with Crippen LogP contribution in [0.15, 0.2) is 18.5 Å². The number of hydrogen-bond donors (Lipinski definition) is 0. The van der Waals surface area contributed by atoms with Gasteiger partial charge >= 0.3 is 5.97 Å². The Labute approximate surface area is 102 Å². The largest absolute Gasteiger partial charge is 0.619 e. The molecule has 1 aromatic heterocycles. The van der Waals surface area contributed by atoms with Crippen molar-refractivity contribution in [1.29, 1.82) is 5.26 Å². The number of nitriles is 1. The first-order valence-corrected chi connectivity index (χ1v) is 4.94. The number of nitrogens with zero attached hydrogens (tertiary/aromatic N) is 3. The van der Waals surface area contributed by atoms with Crippen molar-refractivity contribution in [2.24, 2.45) is 0 Å². The number of nitro groups is 1. The molecule has 1 heterocycles. The third-order valence-corrected chi connectivity index (χ3v) is 2.10. The highest BCUT2D eigenvalue weighted by molar-refractivity contribution is 5.82. The number of aromatic nitrogens is 1. The lowest BCUT2D eigenvalue weighted by Gasteiger charge is -2.08. The molecule has 0 unspecified atom stereocenters. The van der Waals surface area contributed by atoms with E-state index in [9.17, 15) is 20.1 Å². The van der Waals surface area contributed by atoms with Gasteiger partial charge in [0.15, 0.2) is 18.3 Å². The fourth-order valence-corrected chi connectivity index (χ4v) is 1.35. The number of ether oxygens (including phenoxy) is 1. The third kappa shape index (κ3) is 2.70. The van der Waals surface area contributed by atoms with E-state index in [1.165, 1.54) is 0 Å². The van der Waals surface area contributed by atoms with Crippen molar-refractivity contribution in [2.75, 3.05) is 6.61 Å². The van der Waals surface area contributed by atoms with Crippen molar-refractivity contribution in [3.05, 3.63) is 39.3 Å². The number of esters is 1. The molecule has 1 aromatic rings. The van der Waals surface area contributed by atoms with E-state index in [1.54, 1.807) is 13.0 Å². The SMILES string of the molecule is CCOC(=O)[C@H](C#N)c1c[n+]([O-])ccc1[N+](=O)[O-]. The van der Waals surface area contributed by atoms with Gasteiger partial charge in [-0.1, -0.05) is 0 Å². The van der Waals surface area contributed by atoms with Gasteiger partial charge in [-0.15, -0.1) is 0 Å². The van der Waals surface area contributed by atoms with E-state index in [0.717, 1.165) is 18.5 Å². The van der Waals surface area contributed by atoms with Gasteiger partial charge in [0.25, 0.3) is 5.69 Å². The molecule has 8 nitrogen and oxygen atoms in total. The second-order valence-electron chi connectivity index (χ2n) is 3.22. The van der Waals surface area contributed by atoms with Gasteiger partial charge in [-0.3, -0.25) is 14.9 Å². The molecular weight excluding hydrogens is 242 g/mol. The van der Waals surface area contributed by atoms with Gasteiger partial charge in [0.1, 0.15) is 5.56 Å². The predicted octanol–water partition coefficient (Wildman–Crippen LogP) is 0.398. The molecular formula is C10H9N3O5. The molecule has 0 saturated carbocycles. The lowest BCUT2D eigenvalue weighted by atomic mass is 10.0. The molecule has 0 aromatic carbocycles. The summed E-state index contributed by atoms with van der Waals surface area (Å²) in [6.07, 6.45) is 1.74. The maximum atomic E-state index is 11.5. The zero-order valence-electron chi connectivity index (χ0n) is 9.40. The Kier molecular flexibility index (Phi) is 4.15. The lowest BCUT2D eigenvalue weighted by molar-refractivity contribution is -0.606. The van der Waals surface area contributed by atoms with Gasteiger partial charge in [-0.05, 0) is 6.92 Å². The van der Waals surface area contributed by atoms with Crippen molar-refractivity contribution >= 4 is 11.7 Å². The number of hydrogen-bond acceptors (Lipinski definition) is 6. The van der Waals surface area contributed by atoms with Gasteiger partial charge in [-0.25, -0.2) is 0 Å². The van der Waals surface area contributed by atoms with Gasteiger partial charge in [-0.2, -0.15) is 9.99 Å². The molecule has 0 aliphatic rings. The van der Waals surface area contributed by atoms with Crippen LogP contribution in [0.5, 0.6) is 0 Å². The highest BCUT2D eigenvalue weighted by Crippen LogP contribution is 2.25. The molecule has 0 bridgehead atoms. The molecule has 18 heavy (non-hydrogen) atoms. The maximum absolute atomic E-state index is 11.5. The van der Waals surface area contributed by atoms with E-state index in [2.05, 4.69) is 4.74 Å². The van der Waals surface area contributed by atoms with E-state index in [1.807, 2.05) is 0 Å². The Balaban J connectivity index is 3.28. The van der Waals surface area contributed by atoms with Crippen molar-refractivity contribution in [3.63, 3.8) is 0 Å². The monoisotopic (exact) mass is 251 g/mol. The lowest BCUT2D eigenvalue weighted by Crippen LogP contribution is -2.28. The van der Waals surface area contributed by atoms with E-state index in [0.29, 0.717) is 0 Å². The van der Waals surface area contributed by atoms with Crippen molar-refractivity contribution in [2.45, 2.75) is 12.8 Å². The van der Waals surface area contributed by atoms with E-state index >= 15 is 0 Å². The maximum Gasteiger partial charge on any atom is 0.328 e. The zero-order chi connectivity index (χ0) is 13.7. The van der Waals surface area contributed by atoms with Gasteiger partial charge in [0, 0.05) is 0 Å². The van der Waals surface area contributed by atoms with Crippen LogP contribution in [0.3, 0.4) is 0 Å². The minimum Gasteiger partial charge on any atom is -0.619 e. The topological polar surface area (TPSA) is 120 Å². The summed E-state index contributed by atoms with van der Waals surface area (Å²) in [6, 6.07) is 2.53. The summed E-state index contributed by atoms with van der Waals surface area (Å²) in [7, 11) is 0. The molecule has 1 rings (SSSR count). The summed E-state index contributed by atoms with van der Waals surface area (Å²) in [5.41, 5.74) is -0.750. The molecule has 0 saturated heterocycles. The van der Waals surface area contributed by atoms with Crippen LogP contribution in [0.25, 0.3) is 0 Å². The molecule has 0 amide bonds. The summed E-state index contributed by atoms with van der Waals surface area (Å²) >= 11 is 0. The highest BCUT2D eigenvalue weighted by atomic mass is 16.6. The minimum atomic E-state index is -1.49. The average Bonchev–Trinajstić information content (AvgIpc) is 2.30. The molecule has 0 N–H and O–H groups in total. The van der Waals surface area contributed by atoms with Crippen LogP contribution in [0.1, 0.15) is 18.4 Å². The van der Waals surface area contributed by atoms with Crippen LogP contribution in [-0.4, -0.2) is 17.5 Å². The van der Waals surface area contributed by atoms with E-state index in [4.69, 9.17) is 5.26 Å². The predicted molar refractivity (Wildman–Crippen MR) is 57.0 cm³/mol. The zero-order valence-corrected chi connectivity index (χ0v) is 9.40. The molecule has 0 aliphatic carbocycles. The fourth-order valence-electron chi connectivity index (χ4n) is 1.35. The van der Waals surface area contributed by atoms with Crippen LogP contribution in [0.4, 0.5) is 5.69 Å². The first kappa shape index (κ1) is 13.4. The van der Waals surface area contributed by atoms with Crippen molar-refractivity contribution in [3.8, 4) is 6.07 Å². The van der Waals surface area contributed by atoms with Crippen molar-refractivity contribution < 1.29 is 19.2 Å². The van der Waals surface area contributed by atoms with Gasteiger partial charge in [0.05, 0.1) is 23.7 Å². The minimum absolute atomic E-state index is 0.0367. The molecule has 94 valence electrons. The molecule has 0 aliphatic heterocycles. The van der Waals surface area contributed by atoms with Gasteiger partial charge in [0.2, 0.25) is 0 Å². The number of rotatable bonds is 4. The first-order chi connectivity index (χ1) is 8.51. The summed E-state index contributed by atoms with van der Waals surface area (Å²) in [4.78, 5) is 21.5. The Morgan fingerprint density at radius 1 is 1.72 bits per heavy atom. The average molecular weight is 251 g/mol. The smallest absolute Gasteiger partial charge is 0.328 e. The van der Waals surface area contributed by atoms with Gasteiger partial charge < -0.3 is 9.94 Å². The summed E-state index contributed by atoms with van der Waals surface area (Å²) < 4.78 is 4.91. The Morgan fingerprint density at radius 3 is 2.89 bits per heavy atom. The Hall–Kier alpha value is -2.69. The quantitative estimate of drug-likeness (QED) is 0.251. The fraction of sp³-hybridized carbons (Fsp3) is 0.300. The molecule has 0 spiro atoms. The Bertz CT molecular complexity index is 523. The number of carbonyl (C=O) groups excluding carboxylic acids is 1. The van der Waals surface area contributed by atoms with Crippen molar-refractivity contribution in [1.82, 2.24) is 0 Å². The van der Waals surface area contributed by atoms with Crippen LogP contribution in [-0.2, 0) is 9.53 Å². The number of carbonyl (C=O) groups is 1. The van der Waals surface area contributed by atoms with E-state index in [-0.39, 0.29) is 16.9 Å². The Morgan fingerprint density at radius 2 is 2.39 bits per heavy atom. The molecule has 1 atom stereocenters. The van der Waals surface area contributed by atoms with Crippen LogP contribution in [0.2, 0.25) is 0 Å². The molecule has 8 heteroatoms. The second kappa shape index (κ2) is 5.58. The molecule has 0 fully saturated rings. The van der Waals surface area contributed by atoms with Crippen LogP contribution in [0, 0.1) is 26.7 Å². The van der Waals surface area contributed by atoms with Crippen LogP contribution < -0.4 is 4.73 Å². The standard InChI is InChI=1S/C10H9N3O5/c1-2-18-10(14)7(5-11)8-6-12(15)4-3-9(8)13(16)17/h3-4,6-7H,2H2,1H3/t7-/m1/s1. The number of pyridine rings is 1. The normalized spacial score (nSPS) is 11.3. The summed E-state index contributed by atoms with van der Waals surface area (Å²) in [5.74, 6) is -2.42. The van der Waals surface area contributed by atoms with E-state index < -0.39 is 22.5 Å². The molecule has 0 radical (unpaired) electrons. The first-order valence-electron chi connectivity index (χ1n) is 4.94. The third-order valence-electron chi connectivity index (χ3n) is 2.10. The van der Waals surface area contributed by atoms with Crippen LogP contribution >= 0.6 is 0 Å². The highest BCUT2D eigenvalue weighted by Gasteiger charge is 2.31. The summed E-state index contributed by atoms with van der Waals surface area (Å²) in [5, 5.41) is 30.8.